The lowest BCUT2D eigenvalue weighted by Crippen LogP contribution is -2.38. The van der Waals surface area contributed by atoms with E-state index in [9.17, 15) is 0 Å². The van der Waals surface area contributed by atoms with Gasteiger partial charge in [-0.1, -0.05) is 22.9 Å². The molecule has 1 aromatic heterocycles. The highest BCUT2D eigenvalue weighted by Gasteiger charge is 2.41. The fraction of sp³-hybridized carbons (Fsp3) is 0.562. The summed E-state index contributed by atoms with van der Waals surface area (Å²) in [7, 11) is 0. The van der Waals surface area contributed by atoms with Crippen molar-refractivity contribution in [3.8, 4) is 0 Å². The number of rotatable bonds is 3. The lowest BCUT2D eigenvalue weighted by Gasteiger charge is -2.28. The van der Waals surface area contributed by atoms with Crippen LogP contribution < -0.4 is 5.32 Å². The molecule has 1 unspecified atom stereocenters. The first kappa shape index (κ1) is 12.8. The average molecular weight is 334 g/mol. The molecular formula is C16H20BrN3. The molecule has 1 saturated heterocycles. The van der Waals surface area contributed by atoms with Crippen LogP contribution in [0.3, 0.4) is 0 Å². The number of nitrogens with one attached hydrogen (secondary N) is 1. The van der Waals surface area contributed by atoms with Crippen LogP contribution in [0.5, 0.6) is 0 Å². The summed E-state index contributed by atoms with van der Waals surface area (Å²) in [5.41, 5.74) is 2.52. The van der Waals surface area contributed by atoms with E-state index in [2.05, 4.69) is 50.9 Å². The second-order valence-corrected chi connectivity index (χ2v) is 7.05. The molecule has 1 atom stereocenters. The first-order valence-corrected chi connectivity index (χ1v) is 8.46. The van der Waals surface area contributed by atoms with Gasteiger partial charge in [-0.3, -0.25) is 0 Å². The Morgan fingerprint density at radius 3 is 2.95 bits per heavy atom. The summed E-state index contributed by atoms with van der Waals surface area (Å²) in [6.45, 7) is 3.40. The summed E-state index contributed by atoms with van der Waals surface area (Å²) in [5.74, 6) is 1.27. The zero-order valence-electron chi connectivity index (χ0n) is 11.8. The van der Waals surface area contributed by atoms with Crippen LogP contribution in [0.25, 0.3) is 11.0 Å². The van der Waals surface area contributed by atoms with E-state index in [1.807, 2.05) is 0 Å². The predicted molar refractivity (Wildman–Crippen MR) is 84.9 cm³/mol. The highest BCUT2D eigenvalue weighted by atomic mass is 79.9. The van der Waals surface area contributed by atoms with Crippen LogP contribution >= 0.6 is 15.9 Å². The molecule has 3 nitrogen and oxygen atoms in total. The van der Waals surface area contributed by atoms with Crippen LogP contribution in [-0.4, -0.2) is 16.1 Å². The lowest BCUT2D eigenvalue weighted by atomic mass is 9.93. The first-order valence-electron chi connectivity index (χ1n) is 7.66. The van der Waals surface area contributed by atoms with Gasteiger partial charge in [-0.15, -0.1) is 0 Å². The molecule has 1 N–H and O–H groups in total. The Kier molecular flexibility index (Phi) is 2.93. The van der Waals surface area contributed by atoms with Gasteiger partial charge in [0.05, 0.1) is 16.6 Å². The van der Waals surface area contributed by atoms with E-state index >= 15 is 0 Å². The minimum atomic E-state index is 0.0914. The molecule has 1 saturated carbocycles. The van der Waals surface area contributed by atoms with E-state index in [0.717, 1.165) is 23.0 Å². The van der Waals surface area contributed by atoms with Crippen molar-refractivity contribution in [1.82, 2.24) is 14.9 Å². The number of hydrogen-bond donors (Lipinski definition) is 1. The van der Waals surface area contributed by atoms with E-state index < -0.39 is 0 Å². The summed E-state index contributed by atoms with van der Waals surface area (Å²) in [6, 6.07) is 7.16. The number of imidazole rings is 1. The van der Waals surface area contributed by atoms with Crippen molar-refractivity contribution in [2.75, 3.05) is 6.54 Å². The van der Waals surface area contributed by atoms with Crippen molar-refractivity contribution in [3.63, 3.8) is 0 Å². The normalized spacial score (nSPS) is 26.5. The van der Waals surface area contributed by atoms with Crippen molar-refractivity contribution in [3.05, 3.63) is 28.5 Å². The third kappa shape index (κ3) is 1.85. The molecule has 2 aromatic rings. The topological polar surface area (TPSA) is 29.9 Å². The number of fused-ring (bicyclic) bond motifs is 1. The van der Waals surface area contributed by atoms with Crippen molar-refractivity contribution >= 4 is 27.0 Å². The number of halogens is 1. The zero-order valence-corrected chi connectivity index (χ0v) is 13.4. The van der Waals surface area contributed by atoms with Crippen molar-refractivity contribution < 1.29 is 0 Å². The Bertz CT molecular complexity index is 651. The van der Waals surface area contributed by atoms with Crippen LogP contribution in [0, 0.1) is 0 Å². The number of nitrogens with zero attached hydrogens (tertiary/aromatic N) is 2. The van der Waals surface area contributed by atoms with Gasteiger partial charge in [0.1, 0.15) is 5.82 Å². The largest absolute Gasteiger partial charge is 0.323 e. The Hall–Kier alpha value is -0.870. The molecule has 0 spiro atoms. The molecule has 1 aliphatic carbocycles. The van der Waals surface area contributed by atoms with Crippen molar-refractivity contribution in [1.29, 1.82) is 0 Å². The minimum Gasteiger partial charge on any atom is -0.323 e. The molecule has 2 aliphatic rings. The Morgan fingerprint density at radius 1 is 1.45 bits per heavy atom. The van der Waals surface area contributed by atoms with Gasteiger partial charge in [-0.2, -0.15) is 0 Å². The van der Waals surface area contributed by atoms with Crippen LogP contribution in [0.4, 0.5) is 0 Å². The van der Waals surface area contributed by atoms with E-state index in [1.165, 1.54) is 37.0 Å². The summed E-state index contributed by atoms with van der Waals surface area (Å²) in [5, 5.41) is 3.74. The quantitative estimate of drug-likeness (QED) is 0.915. The van der Waals surface area contributed by atoms with Gasteiger partial charge >= 0.3 is 0 Å². The van der Waals surface area contributed by atoms with E-state index in [4.69, 9.17) is 4.98 Å². The van der Waals surface area contributed by atoms with E-state index in [1.54, 1.807) is 0 Å². The molecule has 106 valence electrons. The van der Waals surface area contributed by atoms with Gasteiger partial charge in [0.25, 0.3) is 0 Å². The summed E-state index contributed by atoms with van der Waals surface area (Å²) in [4.78, 5) is 5.03. The minimum absolute atomic E-state index is 0.0914. The van der Waals surface area contributed by atoms with Crippen molar-refractivity contribution in [2.24, 2.45) is 0 Å². The highest BCUT2D eigenvalue weighted by molar-refractivity contribution is 9.10. The third-order valence-corrected chi connectivity index (χ3v) is 5.33. The van der Waals surface area contributed by atoms with E-state index in [-0.39, 0.29) is 5.54 Å². The molecule has 4 heteroatoms. The molecule has 4 rings (SSSR count). The van der Waals surface area contributed by atoms with Gasteiger partial charge in [-0.25, -0.2) is 4.98 Å². The maximum Gasteiger partial charge on any atom is 0.130 e. The molecule has 1 aliphatic heterocycles. The smallest absolute Gasteiger partial charge is 0.130 e. The first-order chi connectivity index (χ1) is 9.73. The third-order valence-electron chi connectivity index (χ3n) is 4.84. The van der Waals surface area contributed by atoms with Gasteiger partial charge in [0.2, 0.25) is 0 Å². The molecule has 0 radical (unpaired) electrons. The second-order valence-electron chi connectivity index (χ2n) is 6.14. The number of benzene rings is 1. The van der Waals surface area contributed by atoms with Gasteiger partial charge in [0, 0.05) is 10.5 Å². The molecule has 0 amide bonds. The van der Waals surface area contributed by atoms with Crippen LogP contribution in [0.2, 0.25) is 0 Å². The van der Waals surface area contributed by atoms with Gasteiger partial charge in [-0.05, 0) is 56.8 Å². The van der Waals surface area contributed by atoms with Crippen LogP contribution in [0.1, 0.15) is 50.9 Å². The Balaban J connectivity index is 1.95. The second kappa shape index (κ2) is 4.57. The van der Waals surface area contributed by atoms with E-state index in [0.29, 0.717) is 6.04 Å². The van der Waals surface area contributed by atoms with Gasteiger partial charge in [0.15, 0.2) is 0 Å². The van der Waals surface area contributed by atoms with Crippen molar-refractivity contribution in [2.45, 2.75) is 50.6 Å². The maximum absolute atomic E-state index is 5.03. The number of hydrogen-bond acceptors (Lipinski definition) is 2. The molecule has 0 bridgehead atoms. The monoisotopic (exact) mass is 333 g/mol. The summed E-state index contributed by atoms with van der Waals surface area (Å²) >= 11 is 3.57. The Morgan fingerprint density at radius 2 is 2.30 bits per heavy atom. The molecule has 20 heavy (non-hydrogen) atoms. The average Bonchev–Trinajstić information content (AvgIpc) is 3.04. The predicted octanol–water partition coefficient (Wildman–Crippen LogP) is 4.12. The van der Waals surface area contributed by atoms with Crippen LogP contribution in [0.15, 0.2) is 22.7 Å². The summed E-state index contributed by atoms with van der Waals surface area (Å²) in [6.07, 6.45) is 6.18. The fourth-order valence-electron chi connectivity index (χ4n) is 3.57. The summed E-state index contributed by atoms with van der Waals surface area (Å²) < 4.78 is 3.63. The molecule has 2 fully saturated rings. The molecule has 1 aromatic carbocycles. The zero-order chi connectivity index (χ0) is 13.7. The Labute approximate surface area is 127 Å². The maximum atomic E-state index is 5.03. The SMILES string of the molecule is CCC1(c2nc3cc(Br)ccc3n2C2CC2)CCCN1. The number of aromatic nitrogens is 2. The molecule has 2 heterocycles. The van der Waals surface area contributed by atoms with Crippen LogP contribution in [-0.2, 0) is 5.54 Å². The standard InChI is InChI=1S/C16H20BrN3/c1-2-16(8-3-9-18-16)15-19-13-10-11(17)4-7-14(13)20(15)12-5-6-12/h4,7,10,12,18H,2-3,5-6,8-9H2,1H3. The highest BCUT2D eigenvalue weighted by Crippen LogP contribution is 2.44. The van der Waals surface area contributed by atoms with Gasteiger partial charge < -0.3 is 9.88 Å². The lowest BCUT2D eigenvalue weighted by molar-refractivity contribution is 0.339. The fourth-order valence-corrected chi connectivity index (χ4v) is 3.92. The molecular weight excluding hydrogens is 314 g/mol.